The molecule has 0 rings (SSSR count). The van der Waals surface area contributed by atoms with Gasteiger partial charge < -0.3 is 5.73 Å². The fraction of sp³-hybridized carbons (Fsp3) is 1.00. The van der Waals surface area contributed by atoms with Crippen LogP contribution in [0.3, 0.4) is 0 Å². The molecule has 0 aliphatic heterocycles. The van der Waals surface area contributed by atoms with Gasteiger partial charge >= 0.3 is 0 Å². The maximum Gasteiger partial charge on any atom is 0.00437 e. The third kappa shape index (κ3) is 6.09. The van der Waals surface area contributed by atoms with Crippen LogP contribution in [0.1, 0.15) is 47.0 Å². The predicted molar refractivity (Wildman–Crippen MR) is 47.0 cm³/mol. The van der Waals surface area contributed by atoms with Crippen molar-refractivity contribution in [1.82, 2.24) is 0 Å². The van der Waals surface area contributed by atoms with Crippen molar-refractivity contribution >= 4 is 0 Å². The Morgan fingerprint density at radius 2 is 1.80 bits per heavy atom. The van der Waals surface area contributed by atoms with E-state index in [1.807, 2.05) is 0 Å². The molecule has 62 valence electrons. The topological polar surface area (TPSA) is 26.0 Å². The van der Waals surface area contributed by atoms with Crippen molar-refractivity contribution in [2.24, 2.45) is 11.1 Å². The van der Waals surface area contributed by atoms with Gasteiger partial charge in [0.15, 0.2) is 0 Å². The van der Waals surface area contributed by atoms with Gasteiger partial charge in [0.25, 0.3) is 0 Å². The predicted octanol–water partition coefficient (Wildman–Crippen LogP) is 2.55. The molecule has 2 N–H and O–H groups in total. The summed E-state index contributed by atoms with van der Waals surface area (Å²) >= 11 is 0. The van der Waals surface area contributed by atoms with E-state index in [1.165, 1.54) is 6.42 Å². The van der Waals surface area contributed by atoms with Gasteiger partial charge in [-0.15, -0.1) is 0 Å². The molecule has 0 heterocycles. The lowest BCUT2D eigenvalue weighted by Gasteiger charge is -2.22. The summed E-state index contributed by atoms with van der Waals surface area (Å²) in [5.41, 5.74) is 6.27. The smallest absolute Gasteiger partial charge is 0.00437 e. The molecule has 0 aliphatic rings. The molecule has 0 amide bonds. The Labute approximate surface area is 65.0 Å². The highest BCUT2D eigenvalue weighted by Crippen LogP contribution is 2.21. The molecule has 0 radical (unpaired) electrons. The van der Waals surface area contributed by atoms with Crippen molar-refractivity contribution < 1.29 is 0 Å². The molecule has 1 nitrogen and oxygen atoms in total. The standard InChI is InChI=1S/C9H21N/c1-5-6-8(10)7-9(2,3)4/h8H,5-7,10H2,1-4H3/t8-/m0/s1. The minimum absolute atomic E-state index is 0.397. The molecule has 0 aromatic rings. The highest BCUT2D eigenvalue weighted by Gasteiger charge is 2.14. The van der Waals surface area contributed by atoms with Gasteiger partial charge in [-0.3, -0.25) is 0 Å². The van der Waals surface area contributed by atoms with E-state index < -0.39 is 0 Å². The number of hydrogen-bond acceptors (Lipinski definition) is 1. The Kier molecular flexibility index (Phi) is 3.95. The summed E-state index contributed by atoms with van der Waals surface area (Å²) in [6.45, 7) is 8.90. The summed E-state index contributed by atoms with van der Waals surface area (Å²) in [6.07, 6.45) is 3.51. The first kappa shape index (κ1) is 9.96. The van der Waals surface area contributed by atoms with Gasteiger partial charge in [0, 0.05) is 6.04 Å². The number of rotatable bonds is 3. The molecule has 1 heteroatoms. The minimum atomic E-state index is 0.397. The third-order valence-electron chi connectivity index (χ3n) is 1.53. The number of nitrogens with two attached hydrogens (primary N) is 1. The second-order valence-electron chi connectivity index (χ2n) is 4.31. The zero-order valence-corrected chi connectivity index (χ0v) is 7.78. The molecule has 0 unspecified atom stereocenters. The maximum absolute atomic E-state index is 5.87. The molecule has 0 bridgehead atoms. The van der Waals surface area contributed by atoms with Gasteiger partial charge in [0.05, 0.1) is 0 Å². The van der Waals surface area contributed by atoms with E-state index in [-0.39, 0.29) is 0 Å². The Morgan fingerprint density at radius 1 is 1.30 bits per heavy atom. The normalized spacial score (nSPS) is 15.3. The van der Waals surface area contributed by atoms with E-state index in [4.69, 9.17) is 5.73 Å². The summed E-state index contributed by atoms with van der Waals surface area (Å²) < 4.78 is 0. The maximum atomic E-state index is 5.87. The van der Waals surface area contributed by atoms with Crippen LogP contribution in [0.15, 0.2) is 0 Å². The average Bonchev–Trinajstić information content (AvgIpc) is 1.59. The molecule has 0 fully saturated rings. The SMILES string of the molecule is CCC[C@H](N)CC(C)(C)C. The van der Waals surface area contributed by atoms with Crippen LogP contribution in [0.5, 0.6) is 0 Å². The second kappa shape index (κ2) is 3.97. The summed E-state index contributed by atoms with van der Waals surface area (Å²) in [4.78, 5) is 0. The van der Waals surface area contributed by atoms with Crippen molar-refractivity contribution in [2.45, 2.75) is 53.0 Å². The first-order valence-corrected chi connectivity index (χ1v) is 4.21. The van der Waals surface area contributed by atoms with Gasteiger partial charge in [0.2, 0.25) is 0 Å². The molecule has 0 aromatic carbocycles. The minimum Gasteiger partial charge on any atom is -0.328 e. The van der Waals surface area contributed by atoms with Crippen LogP contribution < -0.4 is 5.73 Å². The molecule has 0 spiro atoms. The fourth-order valence-electron chi connectivity index (χ4n) is 1.26. The summed E-state index contributed by atoms with van der Waals surface area (Å²) in [5, 5.41) is 0. The zero-order valence-electron chi connectivity index (χ0n) is 7.78. The Morgan fingerprint density at radius 3 is 2.10 bits per heavy atom. The number of hydrogen-bond donors (Lipinski definition) is 1. The van der Waals surface area contributed by atoms with Crippen LogP contribution >= 0.6 is 0 Å². The quantitative estimate of drug-likeness (QED) is 0.645. The van der Waals surface area contributed by atoms with E-state index >= 15 is 0 Å². The second-order valence-corrected chi connectivity index (χ2v) is 4.31. The molecule has 0 aromatic heterocycles. The van der Waals surface area contributed by atoms with E-state index in [0.717, 1.165) is 12.8 Å². The fourth-order valence-corrected chi connectivity index (χ4v) is 1.26. The molecular weight excluding hydrogens is 122 g/mol. The first-order valence-electron chi connectivity index (χ1n) is 4.21. The van der Waals surface area contributed by atoms with Crippen LogP contribution in [0.25, 0.3) is 0 Å². The summed E-state index contributed by atoms with van der Waals surface area (Å²) in [6, 6.07) is 0.407. The third-order valence-corrected chi connectivity index (χ3v) is 1.53. The van der Waals surface area contributed by atoms with Crippen LogP contribution in [0, 0.1) is 5.41 Å². The van der Waals surface area contributed by atoms with Crippen molar-refractivity contribution in [1.29, 1.82) is 0 Å². The lowest BCUT2D eigenvalue weighted by Crippen LogP contribution is -2.25. The van der Waals surface area contributed by atoms with Crippen LogP contribution in [0.2, 0.25) is 0 Å². The molecule has 0 saturated heterocycles. The first-order chi connectivity index (χ1) is 4.45. The molecule has 1 atom stereocenters. The van der Waals surface area contributed by atoms with Gasteiger partial charge in [-0.1, -0.05) is 34.1 Å². The highest BCUT2D eigenvalue weighted by molar-refractivity contribution is 4.70. The summed E-state index contributed by atoms with van der Waals surface area (Å²) in [7, 11) is 0. The zero-order chi connectivity index (χ0) is 8.20. The van der Waals surface area contributed by atoms with Crippen LogP contribution in [-0.2, 0) is 0 Å². The Bertz CT molecular complexity index is 81.2. The molecular formula is C9H21N. The molecule has 0 saturated carbocycles. The summed E-state index contributed by atoms with van der Waals surface area (Å²) in [5.74, 6) is 0. The van der Waals surface area contributed by atoms with Crippen molar-refractivity contribution in [2.75, 3.05) is 0 Å². The van der Waals surface area contributed by atoms with Crippen molar-refractivity contribution in [3.05, 3.63) is 0 Å². The average molecular weight is 143 g/mol. The van der Waals surface area contributed by atoms with E-state index in [2.05, 4.69) is 27.7 Å². The Balaban J connectivity index is 3.47. The van der Waals surface area contributed by atoms with E-state index in [9.17, 15) is 0 Å². The highest BCUT2D eigenvalue weighted by atomic mass is 14.6. The van der Waals surface area contributed by atoms with Crippen LogP contribution in [0.4, 0.5) is 0 Å². The monoisotopic (exact) mass is 143 g/mol. The van der Waals surface area contributed by atoms with Gasteiger partial charge in [-0.05, 0) is 18.3 Å². The van der Waals surface area contributed by atoms with Gasteiger partial charge in [0.1, 0.15) is 0 Å². The van der Waals surface area contributed by atoms with Gasteiger partial charge in [-0.25, -0.2) is 0 Å². The van der Waals surface area contributed by atoms with Crippen molar-refractivity contribution in [3.8, 4) is 0 Å². The lowest BCUT2D eigenvalue weighted by molar-refractivity contribution is 0.330. The molecule has 10 heavy (non-hydrogen) atoms. The molecule has 0 aliphatic carbocycles. The Hall–Kier alpha value is -0.0400. The van der Waals surface area contributed by atoms with Gasteiger partial charge in [-0.2, -0.15) is 0 Å². The largest absolute Gasteiger partial charge is 0.328 e. The van der Waals surface area contributed by atoms with E-state index in [0.29, 0.717) is 11.5 Å². The van der Waals surface area contributed by atoms with Crippen molar-refractivity contribution in [3.63, 3.8) is 0 Å². The van der Waals surface area contributed by atoms with E-state index in [1.54, 1.807) is 0 Å². The lowest BCUT2D eigenvalue weighted by atomic mass is 9.87. The van der Waals surface area contributed by atoms with Crippen LogP contribution in [-0.4, -0.2) is 6.04 Å².